The Bertz CT molecular complexity index is 693. The number of para-hydroxylation sites is 1. The van der Waals surface area contributed by atoms with Gasteiger partial charge in [-0.2, -0.15) is 0 Å². The summed E-state index contributed by atoms with van der Waals surface area (Å²) in [4.78, 5) is 14.3. The third-order valence-electron chi connectivity index (χ3n) is 3.92. The normalized spacial score (nSPS) is 20.3. The molecule has 2 aromatic rings. The second-order valence-corrected chi connectivity index (χ2v) is 6.03. The van der Waals surface area contributed by atoms with Crippen molar-refractivity contribution < 1.29 is 14.3 Å². The quantitative estimate of drug-likeness (QED) is 0.895. The SMILES string of the molecule is COCC1CN(c2ccc(C(=O)Nc3ccccc3)nn2)CC(C)O1. The molecule has 2 heterocycles. The van der Waals surface area contributed by atoms with Crippen molar-refractivity contribution in [3.8, 4) is 0 Å². The first-order chi connectivity index (χ1) is 12.2. The van der Waals surface area contributed by atoms with E-state index in [1.807, 2.05) is 43.3 Å². The molecule has 2 unspecified atom stereocenters. The van der Waals surface area contributed by atoms with Gasteiger partial charge in [0.05, 0.1) is 18.8 Å². The zero-order valence-electron chi connectivity index (χ0n) is 14.4. The van der Waals surface area contributed by atoms with Crippen LogP contribution in [0.4, 0.5) is 11.5 Å². The zero-order valence-corrected chi connectivity index (χ0v) is 14.4. The molecule has 0 saturated carbocycles. The number of benzene rings is 1. The summed E-state index contributed by atoms with van der Waals surface area (Å²) in [5.41, 5.74) is 1.00. The molecule has 3 rings (SSSR count). The highest BCUT2D eigenvalue weighted by molar-refractivity contribution is 6.02. The molecule has 0 bridgehead atoms. The topological polar surface area (TPSA) is 76.6 Å². The van der Waals surface area contributed by atoms with Crippen molar-refractivity contribution >= 4 is 17.4 Å². The molecule has 1 amide bonds. The van der Waals surface area contributed by atoms with Gasteiger partial charge in [-0.3, -0.25) is 4.79 Å². The number of rotatable bonds is 5. The Kier molecular flexibility index (Phi) is 5.57. The van der Waals surface area contributed by atoms with Gasteiger partial charge < -0.3 is 19.7 Å². The monoisotopic (exact) mass is 342 g/mol. The molecule has 1 aromatic carbocycles. The van der Waals surface area contributed by atoms with Gasteiger partial charge in [0.15, 0.2) is 11.5 Å². The molecule has 7 heteroatoms. The molecular formula is C18H22N4O3. The lowest BCUT2D eigenvalue weighted by Gasteiger charge is -2.36. The summed E-state index contributed by atoms with van der Waals surface area (Å²) in [6.07, 6.45) is 0.0772. The molecule has 1 fully saturated rings. The van der Waals surface area contributed by atoms with Crippen LogP contribution in [0.2, 0.25) is 0 Å². The van der Waals surface area contributed by atoms with Crippen molar-refractivity contribution in [2.45, 2.75) is 19.1 Å². The van der Waals surface area contributed by atoms with E-state index in [0.29, 0.717) is 13.2 Å². The van der Waals surface area contributed by atoms with Crippen LogP contribution in [0.1, 0.15) is 17.4 Å². The Morgan fingerprint density at radius 2 is 2.04 bits per heavy atom. The number of carbonyl (C=O) groups excluding carboxylic acids is 1. The number of methoxy groups -OCH3 is 1. The average Bonchev–Trinajstić information content (AvgIpc) is 2.62. The standard InChI is InChI=1S/C18H22N4O3/c1-13-10-22(11-15(25-13)12-24-2)17-9-8-16(20-21-17)18(23)19-14-6-4-3-5-7-14/h3-9,13,15H,10-12H2,1-2H3,(H,19,23). The minimum absolute atomic E-state index is 0.00314. The Hall–Kier alpha value is -2.51. The van der Waals surface area contributed by atoms with Gasteiger partial charge in [0, 0.05) is 25.9 Å². The molecule has 25 heavy (non-hydrogen) atoms. The number of amides is 1. The Morgan fingerprint density at radius 3 is 2.72 bits per heavy atom. The summed E-state index contributed by atoms with van der Waals surface area (Å²) in [6, 6.07) is 12.8. The first-order valence-electron chi connectivity index (χ1n) is 8.25. The summed E-state index contributed by atoms with van der Waals surface area (Å²) >= 11 is 0. The molecule has 1 aliphatic heterocycles. The zero-order chi connectivity index (χ0) is 17.6. The fourth-order valence-electron chi connectivity index (χ4n) is 2.84. The van der Waals surface area contributed by atoms with Crippen LogP contribution in [-0.4, -0.2) is 55.1 Å². The van der Waals surface area contributed by atoms with Gasteiger partial charge >= 0.3 is 0 Å². The molecule has 132 valence electrons. The van der Waals surface area contributed by atoms with Gasteiger partial charge in [0.1, 0.15) is 0 Å². The number of nitrogens with zero attached hydrogens (tertiary/aromatic N) is 3. The first kappa shape index (κ1) is 17.3. The second-order valence-electron chi connectivity index (χ2n) is 6.03. The Morgan fingerprint density at radius 1 is 1.24 bits per heavy atom. The summed E-state index contributed by atoms with van der Waals surface area (Å²) in [7, 11) is 1.66. The maximum Gasteiger partial charge on any atom is 0.276 e. The number of anilines is 2. The van der Waals surface area contributed by atoms with Gasteiger partial charge in [0.25, 0.3) is 5.91 Å². The molecule has 1 aliphatic rings. The Labute approximate surface area is 147 Å². The molecule has 1 saturated heterocycles. The fraction of sp³-hybridized carbons (Fsp3) is 0.389. The average molecular weight is 342 g/mol. The van der Waals surface area contributed by atoms with E-state index in [9.17, 15) is 4.79 Å². The summed E-state index contributed by atoms with van der Waals surface area (Å²) in [5.74, 6) is 0.449. The molecule has 0 aliphatic carbocycles. The van der Waals surface area contributed by atoms with Crippen LogP contribution in [0.3, 0.4) is 0 Å². The van der Waals surface area contributed by atoms with Crippen molar-refractivity contribution in [2.75, 3.05) is 37.0 Å². The number of nitrogens with one attached hydrogen (secondary N) is 1. The minimum atomic E-state index is -0.280. The van der Waals surface area contributed by atoms with E-state index in [-0.39, 0.29) is 23.8 Å². The van der Waals surface area contributed by atoms with Gasteiger partial charge in [-0.15, -0.1) is 10.2 Å². The second kappa shape index (κ2) is 8.04. The summed E-state index contributed by atoms with van der Waals surface area (Å²) < 4.78 is 11.0. The number of morpholine rings is 1. The molecule has 7 nitrogen and oxygen atoms in total. The van der Waals surface area contributed by atoms with Crippen LogP contribution >= 0.6 is 0 Å². The lowest BCUT2D eigenvalue weighted by Crippen LogP contribution is -2.48. The molecular weight excluding hydrogens is 320 g/mol. The van der Waals surface area contributed by atoms with E-state index in [1.54, 1.807) is 13.2 Å². The third kappa shape index (κ3) is 4.52. The van der Waals surface area contributed by atoms with Crippen LogP contribution in [0.15, 0.2) is 42.5 Å². The summed E-state index contributed by atoms with van der Waals surface area (Å²) in [5, 5.41) is 11.1. The number of ether oxygens (including phenoxy) is 2. The van der Waals surface area contributed by atoms with E-state index in [4.69, 9.17) is 9.47 Å². The molecule has 1 aromatic heterocycles. The van der Waals surface area contributed by atoms with Gasteiger partial charge in [0.2, 0.25) is 0 Å². The molecule has 0 radical (unpaired) electrons. The highest BCUT2D eigenvalue weighted by Crippen LogP contribution is 2.18. The summed E-state index contributed by atoms with van der Waals surface area (Å²) in [6.45, 7) is 3.96. The van der Waals surface area contributed by atoms with Crippen molar-refractivity contribution in [3.63, 3.8) is 0 Å². The Balaban J connectivity index is 1.66. The number of hydrogen-bond donors (Lipinski definition) is 1. The van der Waals surface area contributed by atoms with Crippen molar-refractivity contribution in [1.29, 1.82) is 0 Å². The number of hydrogen-bond acceptors (Lipinski definition) is 6. The van der Waals surface area contributed by atoms with E-state index in [0.717, 1.165) is 18.1 Å². The van der Waals surface area contributed by atoms with Crippen LogP contribution in [0.25, 0.3) is 0 Å². The van der Waals surface area contributed by atoms with Gasteiger partial charge in [-0.25, -0.2) is 0 Å². The van der Waals surface area contributed by atoms with Crippen LogP contribution in [0.5, 0.6) is 0 Å². The lowest BCUT2D eigenvalue weighted by molar-refractivity contribution is -0.0513. The maximum atomic E-state index is 12.2. The minimum Gasteiger partial charge on any atom is -0.382 e. The van der Waals surface area contributed by atoms with Crippen LogP contribution in [0, 0.1) is 0 Å². The molecule has 0 spiro atoms. The first-order valence-corrected chi connectivity index (χ1v) is 8.25. The molecule has 1 N–H and O–H groups in total. The van der Waals surface area contributed by atoms with Gasteiger partial charge in [-0.1, -0.05) is 18.2 Å². The largest absolute Gasteiger partial charge is 0.382 e. The van der Waals surface area contributed by atoms with Gasteiger partial charge in [-0.05, 0) is 31.2 Å². The number of aromatic nitrogens is 2. The van der Waals surface area contributed by atoms with Crippen molar-refractivity contribution in [3.05, 3.63) is 48.2 Å². The third-order valence-corrected chi connectivity index (χ3v) is 3.92. The lowest BCUT2D eigenvalue weighted by atomic mass is 10.2. The van der Waals surface area contributed by atoms with E-state index in [2.05, 4.69) is 20.4 Å². The van der Waals surface area contributed by atoms with Crippen molar-refractivity contribution in [2.24, 2.45) is 0 Å². The smallest absolute Gasteiger partial charge is 0.276 e. The van der Waals surface area contributed by atoms with Crippen molar-refractivity contribution in [1.82, 2.24) is 10.2 Å². The van der Waals surface area contributed by atoms with Crippen LogP contribution < -0.4 is 10.2 Å². The number of carbonyl (C=O) groups is 1. The predicted molar refractivity (Wildman–Crippen MR) is 94.9 cm³/mol. The van der Waals surface area contributed by atoms with E-state index < -0.39 is 0 Å². The highest BCUT2D eigenvalue weighted by atomic mass is 16.5. The fourth-order valence-corrected chi connectivity index (χ4v) is 2.84. The van der Waals surface area contributed by atoms with E-state index in [1.165, 1.54) is 0 Å². The highest BCUT2D eigenvalue weighted by Gasteiger charge is 2.26. The van der Waals surface area contributed by atoms with Crippen LogP contribution in [-0.2, 0) is 9.47 Å². The predicted octanol–water partition coefficient (Wildman–Crippen LogP) is 1.97. The maximum absolute atomic E-state index is 12.2. The van der Waals surface area contributed by atoms with E-state index >= 15 is 0 Å². The molecule has 2 atom stereocenters.